The molecule has 1 aliphatic heterocycles. The molecule has 0 radical (unpaired) electrons. The van der Waals surface area contributed by atoms with Gasteiger partial charge >= 0.3 is 7.12 Å². The highest BCUT2D eigenvalue weighted by Gasteiger charge is 2.52. The van der Waals surface area contributed by atoms with Gasteiger partial charge in [-0.25, -0.2) is 0 Å². The fourth-order valence-electron chi connectivity index (χ4n) is 2.27. The van der Waals surface area contributed by atoms with Crippen molar-refractivity contribution in [2.45, 2.75) is 38.9 Å². The molecule has 0 atom stereocenters. The van der Waals surface area contributed by atoms with E-state index in [2.05, 4.69) is 10.2 Å². The molecule has 0 aliphatic carbocycles. The van der Waals surface area contributed by atoms with E-state index in [0.29, 0.717) is 16.5 Å². The summed E-state index contributed by atoms with van der Waals surface area (Å²) in [5, 5.41) is 18.6. The molecule has 0 spiro atoms. The lowest BCUT2D eigenvalue weighted by Crippen LogP contribution is -2.41. The fraction of sp³-hybridized carbons (Fsp3) is 0.462. The first kappa shape index (κ1) is 14.0. The zero-order valence-electron chi connectivity index (χ0n) is 12.3. The molecule has 0 amide bonds. The number of nitrogens with zero attached hydrogens (tertiary/aromatic N) is 2. The average molecular weight is 289 g/mol. The molecule has 8 heteroatoms. The smallest absolute Gasteiger partial charge is 0.398 e. The molecular weight excluding hydrogens is 273 g/mol. The summed E-state index contributed by atoms with van der Waals surface area (Å²) < 4.78 is 11.9. The quantitative estimate of drug-likeness (QED) is 0.517. The highest BCUT2D eigenvalue weighted by molar-refractivity contribution is 6.64. The number of aromatic amines is 1. The molecule has 0 bridgehead atoms. The van der Waals surface area contributed by atoms with Crippen LogP contribution in [-0.4, -0.2) is 33.4 Å². The number of hydrogen-bond acceptors (Lipinski definition) is 5. The summed E-state index contributed by atoms with van der Waals surface area (Å²) in [4.78, 5) is 10.5. The van der Waals surface area contributed by atoms with Crippen molar-refractivity contribution >= 4 is 29.3 Å². The number of fused-ring (bicyclic) bond motifs is 1. The first-order valence-corrected chi connectivity index (χ1v) is 6.69. The van der Waals surface area contributed by atoms with Crippen molar-refractivity contribution in [2.75, 3.05) is 0 Å². The third-order valence-corrected chi connectivity index (χ3v) is 4.27. The Balaban J connectivity index is 2.06. The van der Waals surface area contributed by atoms with Crippen LogP contribution in [0.25, 0.3) is 10.9 Å². The lowest BCUT2D eigenvalue weighted by Gasteiger charge is -2.32. The average Bonchev–Trinajstić information content (AvgIpc) is 2.87. The van der Waals surface area contributed by atoms with Crippen molar-refractivity contribution in [3.8, 4) is 0 Å². The molecule has 21 heavy (non-hydrogen) atoms. The Labute approximate surface area is 121 Å². The summed E-state index contributed by atoms with van der Waals surface area (Å²) in [5.41, 5.74) is 0.311. The fourth-order valence-corrected chi connectivity index (χ4v) is 2.27. The van der Waals surface area contributed by atoms with Crippen LogP contribution in [0.2, 0.25) is 0 Å². The van der Waals surface area contributed by atoms with Crippen LogP contribution in [0.15, 0.2) is 18.2 Å². The molecular formula is C13H16BN3O4. The maximum Gasteiger partial charge on any atom is 0.514 e. The molecule has 0 unspecified atom stereocenters. The van der Waals surface area contributed by atoms with Gasteiger partial charge in [0, 0.05) is 17.5 Å². The maximum atomic E-state index is 10.9. The topological polar surface area (TPSA) is 90.3 Å². The first-order chi connectivity index (χ1) is 9.71. The Bertz CT molecular complexity index is 709. The molecule has 7 nitrogen and oxygen atoms in total. The van der Waals surface area contributed by atoms with Gasteiger partial charge in [-0.3, -0.25) is 15.2 Å². The Morgan fingerprint density at radius 1 is 1.24 bits per heavy atom. The molecule has 1 aliphatic rings. The summed E-state index contributed by atoms with van der Waals surface area (Å²) >= 11 is 0. The van der Waals surface area contributed by atoms with E-state index in [0.717, 1.165) is 0 Å². The van der Waals surface area contributed by atoms with Crippen LogP contribution in [0.1, 0.15) is 27.7 Å². The molecule has 2 heterocycles. The second-order valence-electron chi connectivity index (χ2n) is 6.18. The van der Waals surface area contributed by atoms with Gasteiger partial charge in [0.25, 0.3) is 5.69 Å². The van der Waals surface area contributed by atoms with E-state index in [1.54, 1.807) is 6.07 Å². The highest BCUT2D eigenvalue weighted by Crippen LogP contribution is 2.36. The molecule has 1 aromatic heterocycles. The van der Waals surface area contributed by atoms with Gasteiger partial charge in [0.15, 0.2) is 0 Å². The predicted octanol–water partition coefficient (Wildman–Crippen LogP) is 1.77. The number of hydrogen-bond donors (Lipinski definition) is 1. The second kappa shape index (κ2) is 4.28. The number of nitro benzene ring substituents is 1. The third kappa shape index (κ3) is 2.11. The number of benzene rings is 1. The van der Waals surface area contributed by atoms with Crippen LogP contribution in [0.5, 0.6) is 0 Å². The zero-order chi connectivity index (χ0) is 15.4. The van der Waals surface area contributed by atoms with Gasteiger partial charge in [-0.2, -0.15) is 5.10 Å². The summed E-state index contributed by atoms with van der Waals surface area (Å²) in [6.07, 6.45) is 0. The van der Waals surface area contributed by atoms with E-state index in [9.17, 15) is 10.1 Å². The van der Waals surface area contributed by atoms with Crippen LogP contribution in [-0.2, 0) is 9.31 Å². The van der Waals surface area contributed by atoms with Crippen molar-refractivity contribution in [2.24, 2.45) is 0 Å². The van der Waals surface area contributed by atoms with E-state index >= 15 is 0 Å². The van der Waals surface area contributed by atoms with Gasteiger partial charge in [0.05, 0.1) is 27.2 Å². The van der Waals surface area contributed by atoms with Crippen molar-refractivity contribution in [3.05, 3.63) is 28.3 Å². The van der Waals surface area contributed by atoms with Crippen molar-refractivity contribution in [3.63, 3.8) is 0 Å². The highest BCUT2D eigenvalue weighted by atomic mass is 16.7. The minimum absolute atomic E-state index is 0.0154. The second-order valence-corrected chi connectivity index (χ2v) is 6.18. The number of aromatic nitrogens is 2. The van der Waals surface area contributed by atoms with Crippen molar-refractivity contribution in [1.29, 1.82) is 0 Å². The van der Waals surface area contributed by atoms with E-state index in [-0.39, 0.29) is 5.69 Å². The number of non-ortho nitro benzene ring substituents is 1. The van der Waals surface area contributed by atoms with Gasteiger partial charge in [-0.15, -0.1) is 0 Å². The number of nitrogens with one attached hydrogen (secondary N) is 1. The minimum Gasteiger partial charge on any atom is -0.398 e. The van der Waals surface area contributed by atoms with E-state index in [1.807, 2.05) is 27.7 Å². The standard InChI is InChI=1S/C13H16BN3O4/c1-12(2)13(3,4)21-14(20-12)11-9-7-8(17(18)19)5-6-10(9)15-16-11/h5-7H,1-4H3,(H,15,16). The summed E-state index contributed by atoms with van der Waals surface area (Å²) in [5.74, 6) is 0. The Morgan fingerprint density at radius 3 is 2.43 bits per heavy atom. The molecule has 1 fully saturated rings. The number of nitro groups is 1. The lowest BCUT2D eigenvalue weighted by molar-refractivity contribution is -0.384. The molecule has 0 saturated carbocycles. The summed E-state index contributed by atoms with van der Waals surface area (Å²) in [7, 11) is -0.623. The van der Waals surface area contributed by atoms with Gasteiger partial charge in [-0.1, -0.05) is 0 Å². The van der Waals surface area contributed by atoms with Crippen LogP contribution < -0.4 is 5.59 Å². The van der Waals surface area contributed by atoms with E-state index in [1.165, 1.54) is 12.1 Å². The summed E-state index contributed by atoms with van der Waals surface area (Å²) in [6, 6.07) is 4.52. The Kier molecular flexibility index (Phi) is 2.86. The van der Waals surface area contributed by atoms with Crippen LogP contribution in [0.4, 0.5) is 5.69 Å². The number of rotatable bonds is 2. The third-order valence-electron chi connectivity index (χ3n) is 4.27. The number of H-pyrrole nitrogens is 1. The van der Waals surface area contributed by atoms with Crippen LogP contribution in [0, 0.1) is 10.1 Å². The molecule has 110 valence electrons. The Hall–Kier alpha value is -1.93. The maximum absolute atomic E-state index is 10.9. The molecule has 1 aromatic carbocycles. The van der Waals surface area contributed by atoms with Crippen molar-refractivity contribution < 1.29 is 14.2 Å². The lowest BCUT2D eigenvalue weighted by atomic mass is 9.82. The van der Waals surface area contributed by atoms with Crippen molar-refractivity contribution in [1.82, 2.24) is 10.2 Å². The molecule has 2 aromatic rings. The van der Waals surface area contributed by atoms with Gasteiger partial charge in [0.1, 0.15) is 0 Å². The van der Waals surface area contributed by atoms with Crippen LogP contribution in [0.3, 0.4) is 0 Å². The SMILES string of the molecule is CC1(C)OB(c2[nH]nc3ccc([N+](=O)[O-])cc23)OC1(C)C. The Morgan fingerprint density at radius 2 is 1.86 bits per heavy atom. The van der Waals surface area contributed by atoms with E-state index in [4.69, 9.17) is 9.31 Å². The van der Waals surface area contributed by atoms with E-state index < -0.39 is 23.2 Å². The van der Waals surface area contributed by atoms with Gasteiger partial charge < -0.3 is 9.31 Å². The first-order valence-electron chi connectivity index (χ1n) is 6.69. The van der Waals surface area contributed by atoms with Crippen LogP contribution >= 0.6 is 0 Å². The zero-order valence-corrected chi connectivity index (χ0v) is 12.3. The monoisotopic (exact) mass is 289 g/mol. The summed E-state index contributed by atoms with van der Waals surface area (Å²) in [6.45, 7) is 7.81. The molecule has 3 rings (SSSR count). The van der Waals surface area contributed by atoms with Gasteiger partial charge in [-0.05, 0) is 33.8 Å². The van der Waals surface area contributed by atoms with Gasteiger partial charge in [0.2, 0.25) is 0 Å². The normalized spacial score (nSPS) is 20.1. The largest absolute Gasteiger partial charge is 0.514 e. The molecule has 1 N–H and O–H groups in total. The predicted molar refractivity (Wildman–Crippen MR) is 78.5 cm³/mol. The minimum atomic E-state index is -0.623. The molecule has 1 saturated heterocycles.